The van der Waals surface area contributed by atoms with E-state index in [-0.39, 0.29) is 29.9 Å². The van der Waals surface area contributed by atoms with Crippen LogP contribution in [0.4, 0.5) is 5.69 Å². The number of aromatic hydroxyl groups is 1. The molecule has 2 heterocycles. The summed E-state index contributed by atoms with van der Waals surface area (Å²) in [5, 5.41) is 10.8. The number of fused-ring (bicyclic) bond motifs is 4. The van der Waals surface area contributed by atoms with Gasteiger partial charge in [0.1, 0.15) is 11.5 Å². The number of amides is 4. The smallest absolute Gasteiger partial charge is 0.246 e. The number of carbonyl (C=O) groups excluding carboxylic acids is 4. The van der Waals surface area contributed by atoms with Crippen LogP contribution in [-0.2, 0) is 24.6 Å². The molecular formula is C34H29ClN2O6. The number of likely N-dealkylation sites (tertiary alicyclic amines) is 1. The molecule has 1 N–H and O–H groups in total. The zero-order chi connectivity index (χ0) is 30.2. The molecular weight excluding hydrogens is 568 g/mol. The molecule has 3 aromatic rings. The van der Waals surface area contributed by atoms with E-state index in [0.29, 0.717) is 34.0 Å². The highest BCUT2D eigenvalue weighted by Crippen LogP contribution is 2.65. The lowest BCUT2D eigenvalue weighted by Crippen LogP contribution is -2.53. The van der Waals surface area contributed by atoms with Crippen LogP contribution < -0.4 is 9.64 Å². The number of anilines is 1. The molecule has 2 saturated heterocycles. The van der Waals surface area contributed by atoms with Gasteiger partial charge in [0.25, 0.3) is 0 Å². The zero-order valence-corrected chi connectivity index (χ0v) is 24.3. The molecule has 3 aromatic carbocycles. The molecule has 0 spiro atoms. The van der Waals surface area contributed by atoms with Gasteiger partial charge in [-0.25, -0.2) is 4.90 Å². The minimum atomic E-state index is -1.41. The van der Waals surface area contributed by atoms with E-state index in [2.05, 4.69) is 0 Å². The van der Waals surface area contributed by atoms with E-state index in [1.54, 1.807) is 30.3 Å². The van der Waals surface area contributed by atoms with Gasteiger partial charge in [0.15, 0.2) is 0 Å². The average Bonchev–Trinajstić information content (AvgIpc) is 3.38. The number of ether oxygens (including phenoxy) is 1. The Bertz CT molecular complexity index is 1740. The number of hydrogen-bond donors (Lipinski definition) is 1. The van der Waals surface area contributed by atoms with Crippen LogP contribution in [0.5, 0.6) is 11.5 Å². The first-order valence-electron chi connectivity index (χ1n) is 14.3. The minimum absolute atomic E-state index is 0.0106. The number of nitrogens with zero attached hydrogens (tertiary/aromatic N) is 2. The third-order valence-corrected chi connectivity index (χ3v) is 10.2. The summed E-state index contributed by atoms with van der Waals surface area (Å²) in [6.45, 7) is 0. The summed E-state index contributed by atoms with van der Waals surface area (Å²) in [6, 6.07) is 20.7. The Morgan fingerprint density at radius 3 is 2.40 bits per heavy atom. The summed E-state index contributed by atoms with van der Waals surface area (Å²) in [5.74, 6) is -4.14. The monoisotopic (exact) mass is 596 g/mol. The molecule has 8 nitrogen and oxygen atoms in total. The molecule has 4 aliphatic rings. The molecule has 0 aromatic heterocycles. The molecule has 0 radical (unpaired) electrons. The quantitative estimate of drug-likeness (QED) is 0.341. The Kier molecular flexibility index (Phi) is 6.25. The third-order valence-electron chi connectivity index (χ3n) is 9.92. The van der Waals surface area contributed by atoms with Gasteiger partial charge < -0.3 is 9.84 Å². The van der Waals surface area contributed by atoms with Gasteiger partial charge in [-0.1, -0.05) is 65.7 Å². The Labute approximate surface area is 253 Å². The van der Waals surface area contributed by atoms with Crippen molar-refractivity contribution in [2.24, 2.45) is 23.7 Å². The molecule has 2 aliphatic carbocycles. The van der Waals surface area contributed by atoms with Gasteiger partial charge in [-0.3, -0.25) is 24.1 Å². The van der Waals surface area contributed by atoms with Crippen molar-refractivity contribution in [1.82, 2.24) is 4.90 Å². The summed E-state index contributed by atoms with van der Waals surface area (Å²) >= 11 is 6.33. The Balaban J connectivity index is 1.54. The number of halogens is 1. The van der Waals surface area contributed by atoms with E-state index >= 15 is 4.79 Å². The fourth-order valence-corrected chi connectivity index (χ4v) is 8.37. The largest absolute Gasteiger partial charge is 0.508 e. The summed E-state index contributed by atoms with van der Waals surface area (Å²) in [6.07, 6.45) is 2.55. The molecule has 6 unspecified atom stereocenters. The summed E-state index contributed by atoms with van der Waals surface area (Å²) in [7, 11) is 3.00. The molecule has 6 atom stereocenters. The summed E-state index contributed by atoms with van der Waals surface area (Å²) in [5.41, 5.74) is 1.07. The molecule has 9 heteroatoms. The minimum Gasteiger partial charge on any atom is -0.508 e. The van der Waals surface area contributed by atoms with Gasteiger partial charge in [0, 0.05) is 29.6 Å². The Hall–Kier alpha value is -4.43. The molecule has 218 valence electrons. The van der Waals surface area contributed by atoms with Crippen LogP contribution in [0.3, 0.4) is 0 Å². The third kappa shape index (κ3) is 3.69. The maximum Gasteiger partial charge on any atom is 0.246 e. The number of rotatable bonds is 4. The van der Waals surface area contributed by atoms with E-state index in [1.807, 2.05) is 36.4 Å². The fourth-order valence-electron chi connectivity index (χ4n) is 8.18. The predicted octanol–water partition coefficient (Wildman–Crippen LogP) is 4.85. The first-order chi connectivity index (χ1) is 20.7. The van der Waals surface area contributed by atoms with Gasteiger partial charge in [-0.05, 0) is 48.6 Å². The molecule has 3 fully saturated rings. The molecule has 7 rings (SSSR count). The number of benzene rings is 3. The highest BCUT2D eigenvalue weighted by Gasteiger charge is 2.70. The molecule has 1 saturated carbocycles. The highest BCUT2D eigenvalue weighted by molar-refractivity contribution is 6.32. The Morgan fingerprint density at radius 1 is 0.907 bits per heavy atom. The maximum absolute atomic E-state index is 15.1. The molecule has 0 bridgehead atoms. The zero-order valence-electron chi connectivity index (χ0n) is 23.6. The van der Waals surface area contributed by atoms with Gasteiger partial charge in [0.2, 0.25) is 23.6 Å². The number of methoxy groups -OCH3 is 1. The van der Waals surface area contributed by atoms with E-state index in [0.717, 1.165) is 5.57 Å². The van der Waals surface area contributed by atoms with Crippen LogP contribution >= 0.6 is 11.6 Å². The van der Waals surface area contributed by atoms with Crippen molar-refractivity contribution in [3.8, 4) is 11.5 Å². The maximum atomic E-state index is 15.1. The Morgan fingerprint density at radius 2 is 1.67 bits per heavy atom. The topological polar surface area (TPSA) is 104 Å². The van der Waals surface area contributed by atoms with Crippen molar-refractivity contribution >= 4 is 40.9 Å². The van der Waals surface area contributed by atoms with Crippen LogP contribution in [0.2, 0.25) is 5.02 Å². The molecule has 43 heavy (non-hydrogen) atoms. The second kappa shape index (κ2) is 9.81. The van der Waals surface area contributed by atoms with Crippen LogP contribution in [0.1, 0.15) is 29.9 Å². The normalized spacial score (nSPS) is 29.7. The SMILES string of the molecule is COc1cc(O)ccc1C1C2=CCC3C(=O)N(C)C(=O)C3C2CC2C(=O)N(c3cccc(Cl)c3)C(=O)C21c1ccccc1. The van der Waals surface area contributed by atoms with Gasteiger partial charge in [0.05, 0.1) is 36.0 Å². The van der Waals surface area contributed by atoms with Crippen molar-refractivity contribution in [3.63, 3.8) is 0 Å². The van der Waals surface area contributed by atoms with E-state index in [9.17, 15) is 19.5 Å². The van der Waals surface area contributed by atoms with Crippen molar-refractivity contribution < 1.29 is 29.0 Å². The summed E-state index contributed by atoms with van der Waals surface area (Å²) < 4.78 is 5.78. The second-order valence-electron chi connectivity index (χ2n) is 11.8. The van der Waals surface area contributed by atoms with Crippen LogP contribution in [0, 0.1) is 23.7 Å². The molecule has 4 amide bonds. The second-order valence-corrected chi connectivity index (χ2v) is 12.2. The lowest BCUT2D eigenvalue weighted by Gasteiger charge is -2.51. The van der Waals surface area contributed by atoms with Crippen molar-refractivity contribution in [2.75, 3.05) is 19.1 Å². The fraction of sp³-hybridized carbons (Fsp3) is 0.294. The first-order valence-corrected chi connectivity index (χ1v) is 14.7. The van der Waals surface area contributed by atoms with E-state index < -0.39 is 40.9 Å². The lowest BCUT2D eigenvalue weighted by atomic mass is 9.49. The molecule has 2 aliphatic heterocycles. The van der Waals surface area contributed by atoms with Gasteiger partial charge >= 0.3 is 0 Å². The number of phenols is 1. The van der Waals surface area contributed by atoms with Gasteiger partial charge in [-0.15, -0.1) is 0 Å². The lowest BCUT2D eigenvalue weighted by molar-refractivity contribution is -0.138. The van der Waals surface area contributed by atoms with Crippen molar-refractivity contribution in [2.45, 2.75) is 24.2 Å². The number of imide groups is 2. The van der Waals surface area contributed by atoms with E-state index in [1.165, 1.54) is 36.1 Å². The standard InChI is InChI=1S/C34H29ClN2O6/c1-36-30(39)24-14-13-22-25(28(24)32(36)41)17-26-31(40)37(20-10-6-9-19(35)15-20)33(42)34(26,18-7-4-3-5-8-18)29(22)23-12-11-21(38)16-27(23)43-2/h3-13,15-16,24-26,28-29,38H,14,17H2,1-2H3. The highest BCUT2D eigenvalue weighted by atomic mass is 35.5. The van der Waals surface area contributed by atoms with Gasteiger partial charge in [-0.2, -0.15) is 0 Å². The van der Waals surface area contributed by atoms with Crippen LogP contribution in [0.25, 0.3) is 0 Å². The summed E-state index contributed by atoms with van der Waals surface area (Å²) in [4.78, 5) is 58.8. The number of phenolic OH excluding ortho intramolecular Hbond substituents is 1. The first kappa shape index (κ1) is 27.4. The van der Waals surface area contributed by atoms with Crippen molar-refractivity contribution in [1.29, 1.82) is 0 Å². The average molecular weight is 597 g/mol. The van der Waals surface area contributed by atoms with Crippen molar-refractivity contribution in [3.05, 3.63) is 101 Å². The predicted molar refractivity (Wildman–Crippen MR) is 159 cm³/mol. The number of allylic oxidation sites excluding steroid dienone is 2. The van der Waals surface area contributed by atoms with E-state index in [4.69, 9.17) is 16.3 Å². The van der Waals surface area contributed by atoms with Crippen LogP contribution in [-0.4, -0.2) is 47.8 Å². The number of hydrogen-bond acceptors (Lipinski definition) is 6. The number of carbonyl (C=O) groups is 4. The van der Waals surface area contributed by atoms with Crippen LogP contribution in [0.15, 0.2) is 84.4 Å².